The van der Waals surface area contributed by atoms with Crippen LogP contribution in [0.1, 0.15) is 21.5 Å². The van der Waals surface area contributed by atoms with Crippen molar-refractivity contribution in [1.29, 1.82) is 0 Å². The smallest absolute Gasteiger partial charge is 0.417 e. The molecule has 1 rings (SSSR count). The monoisotopic (exact) mass is 253 g/mol. The third kappa shape index (κ3) is 2.06. The number of halogens is 4. The number of carboxylic acid groups (broad SMARTS) is 1. The maximum Gasteiger partial charge on any atom is 0.417 e. The van der Waals surface area contributed by atoms with Crippen molar-refractivity contribution in [2.75, 3.05) is 5.73 Å². The quantitative estimate of drug-likeness (QED) is 0.757. The van der Waals surface area contributed by atoms with E-state index in [0.717, 1.165) is 0 Å². The fraction of sp³-hybridized carbons (Fsp3) is 0.222. The zero-order chi connectivity index (χ0) is 12.7. The van der Waals surface area contributed by atoms with E-state index in [9.17, 15) is 18.0 Å². The lowest BCUT2D eigenvalue weighted by Gasteiger charge is -2.14. The van der Waals surface area contributed by atoms with Gasteiger partial charge in [0, 0.05) is 0 Å². The number of hydrogen-bond acceptors (Lipinski definition) is 2. The van der Waals surface area contributed by atoms with E-state index in [4.69, 9.17) is 22.4 Å². The average Bonchev–Trinajstić information content (AvgIpc) is 2.11. The number of nitrogen functional groups attached to an aromatic ring is 1. The van der Waals surface area contributed by atoms with E-state index in [1.165, 1.54) is 6.92 Å². The number of nitrogens with two attached hydrogens (primary N) is 1. The number of benzene rings is 1. The molecule has 3 N–H and O–H groups in total. The molecule has 0 aromatic heterocycles. The molecule has 0 heterocycles. The molecule has 88 valence electrons. The van der Waals surface area contributed by atoms with Crippen molar-refractivity contribution < 1.29 is 23.1 Å². The summed E-state index contributed by atoms with van der Waals surface area (Å²) in [5, 5.41) is 8.11. The first-order valence-corrected chi connectivity index (χ1v) is 4.43. The largest absolute Gasteiger partial charge is 0.478 e. The van der Waals surface area contributed by atoms with Crippen LogP contribution in [0.15, 0.2) is 6.07 Å². The maximum atomic E-state index is 12.5. The van der Waals surface area contributed by atoms with Crippen LogP contribution in [0.4, 0.5) is 18.9 Å². The van der Waals surface area contributed by atoms with Crippen LogP contribution in [0.3, 0.4) is 0 Å². The van der Waals surface area contributed by atoms with E-state index < -0.39 is 28.3 Å². The van der Waals surface area contributed by atoms with Crippen molar-refractivity contribution in [2.45, 2.75) is 13.1 Å². The van der Waals surface area contributed by atoms with Gasteiger partial charge in [-0.2, -0.15) is 13.2 Å². The first-order chi connectivity index (χ1) is 7.16. The average molecular weight is 254 g/mol. The predicted molar refractivity (Wildman–Crippen MR) is 52.6 cm³/mol. The highest BCUT2D eigenvalue weighted by Crippen LogP contribution is 2.39. The highest BCUT2D eigenvalue weighted by atomic mass is 35.5. The number of carboxylic acids is 1. The van der Waals surface area contributed by atoms with Crippen molar-refractivity contribution >= 4 is 23.3 Å². The van der Waals surface area contributed by atoms with Crippen molar-refractivity contribution in [3.8, 4) is 0 Å². The SMILES string of the molecule is Cc1c(N)c(C(=O)O)cc(C(F)(F)F)c1Cl. The number of aromatic carboxylic acids is 1. The Kier molecular flexibility index (Phi) is 3.05. The first kappa shape index (κ1) is 12.6. The molecule has 0 fully saturated rings. The van der Waals surface area contributed by atoms with Crippen molar-refractivity contribution in [3.05, 3.63) is 27.8 Å². The van der Waals surface area contributed by atoms with Crippen molar-refractivity contribution in [1.82, 2.24) is 0 Å². The van der Waals surface area contributed by atoms with Gasteiger partial charge >= 0.3 is 12.1 Å². The second kappa shape index (κ2) is 3.86. The summed E-state index contributed by atoms with van der Waals surface area (Å²) in [6.45, 7) is 1.24. The van der Waals surface area contributed by atoms with E-state index >= 15 is 0 Å². The molecule has 0 unspecified atom stereocenters. The van der Waals surface area contributed by atoms with Crippen LogP contribution in [0.2, 0.25) is 5.02 Å². The Morgan fingerprint density at radius 1 is 1.50 bits per heavy atom. The maximum absolute atomic E-state index is 12.5. The van der Waals surface area contributed by atoms with E-state index in [-0.39, 0.29) is 11.3 Å². The van der Waals surface area contributed by atoms with Crippen LogP contribution in [-0.2, 0) is 6.18 Å². The zero-order valence-corrected chi connectivity index (χ0v) is 8.78. The van der Waals surface area contributed by atoms with E-state index in [2.05, 4.69) is 0 Å². The molecule has 0 aliphatic heterocycles. The first-order valence-electron chi connectivity index (χ1n) is 4.05. The molecular formula is C9H7ClF3NO2. The minimum atomic E-state index is -4.71. The summed E-state index contributed by atoms with van der Waals surface area (Å²) in [6, 6.07) is 0.438. The molecule has 0 bridgehead atoms. The Morgan fingerprint density at radius 3 is 2.38 bits per heavy atom. The Bertz CT molecular complexity index is 457. The van der Waals surface area contributed by atoms with E-state index in [1.807, 2.05) is 0 Å². The van der Waals surface area contributed by atoms with E-state index in [0.29, 0.717) is 6.07 Å². The molecule has 0 aliphatic carbocycles. The standard InChI is InChI=1S/C9H7ClF3NO2/c1-3-6(10)5(9(11,12)13)2-4(7(3)14)8(15)16/h2H,14H2,1H3,(H,15,16). The van der Waals surface area contributed by atoms with Crippen LogP contribution >= 0.6 is 11.6 Å². The lowest BCUT2D eigenvalue weighted by Crippen LogP contribution is -2.12. The third-order valence-electron chi connectivity index (χ3n) is 2.08. The molecule has 0 radical (unpaired) electrons. The van der Waals surface area contributed by atoms with Gasteiger partial charge in [-0.15, -0.1) is 0 Å². The summed E-state index contributed by atoms with van der Waals surface area (Å²) >= 11 is 5.47. The Morgan fingerprint density at radius 2 is 2.00 bits per heavy atom. The number of rotatable bonds is 1. The second-order valence-corrected chi connectivity index (χ2v) is 3.51. The number of alkyl halides is 3. The molecule has 0 saturated carbocycles. The van der Waals surface area contributed by atoms with Crippen molar-refractivity contribution in [3.63, 3.8) is 0 Å². The van der Waals surface area contributed by atoms with Crippen LogP contribution < -0.4 is 5.73 Å². The molecule has 0 atom stereocenters. The molecule has 0 spiro atoms. The highest BCUT2D eigenvalue weighted by molar-refractivity contribution is 6.32. The van der Waals surface area contributed by atoms with Gasteiger partial charge in [0.25, 0.3) is 0 Å². The topological polar surface area (TPSA) is 63.3 Å². The van der Waals surface area contributed by atoms with Gasteiger partial charge in [-0.3, -0.25) is 0 Å². The third-order valence-corrected chi connectivity index (χ3v) is 2.57. The summed E-state index contributed by atoms with van der Waals surface area (Å²) in [5.74, 6) is -1.53. The van der Waals surface area contributed by atoms with Gasteiger partial charge in [0.15, 0.2) is 0 Å². The fourth-order valence-corrected chi connectivity index (χ4v) is 1.45. The predicted octanol–water partition coefficient (Wildman–Crippen LogP) is 2.95. The lowest BCUT2D eigenvalue weighted by atomic mass is 10.0. The molecule has 0 aliphatic rings. The Hall–Kier alpha value is -1.43. The second-order valence-electron chi connectivity index (χ2n) is 3.13. The molecule has 1 aromatic rings. The van der Waals surface area contributed by atoms with Gasteiger partial charge in [0.05, 0.1) is 21.8 Å². The Labute approximate surface area is 93.6 Å². The van der Waals surface area contributed by atoms with Gasteiger partial charge in [-0.25, -0.2) is 4.79 Å². The Balaban J connectivity index is 3.61. The van der Waals surface area contributed by atoms with Crippen LogP contribution in [-0.4, -0.2) is 11.1 Å². The number of hydrogen-bond donors (Lipinski definition) is 2. The lowest BCUT2D eigenvalue weighted by molar-refractivity contribution is -0.137. The number of anilines is 1. The van der Waals surface area contributed by atoms with Gasteiger partial charge in [-0.1, -0.05) is 11.6 Å². The number of carbonyl (C=O) groups is 1. The fourth-order valence-electron chi connectivity index (χ4n) is 1.19. The minimum absolute atomic E-state index is 0.0890. The molecule has 16 heavy (non-hydrogen) atoms. The summed E-state index contributed by atoms with van der Waals surface area (Å²) in [6.07, 6.45) is -4.71. The molecule has 0 saturated heterocycles. The molecule has 1 aromatic carbocycles. The van der Waals surface area contributed by atoms with Gasteiger partial charge in [0.1, 0.15) is 0 Å². The minimum Gasteiger partial charge on any atom is -0.478 e. The summed E-state index contributed by atoms with van der Waals surface area (Å²) in [7, 11) is 0. The summed E-state index contributed by atoms with van der Waals surface area (Å²) in [4.78, 5) is 10.7. The van der Waals surface area contributed by atoms with Crippen LogP contribution in [0, 0.1) is 6.92 Å². The molecular weight excluding hydrogens is 247 g/mol. The van der Waals surface area contributed by atoms with Crippen molar-refractivity contribution in [2.24, 2.45) is 0 Å². The normalized spacial score (nSPS) is 11.6. The molecule has 7 heteroatoms. The van der Waals surface area contributed by atoms with Crippen LogP contribution in [0.25, 0.3) is 0 Å². The zero-order valence-electron chi connectivity index (χ0n) is 8.02. The van der Waals surface area contributed by atoms with Gasteiger partial charge < -0.3 is 10.8 Å². The van der Waals surface area contributed by atoms with Crippen LogP contribution in [0.5, 0.6) is 0 Å². The van der Waals surface area contributed by atoms with Gasteiger partial charge in [0.2, 0.25) is 0 Å². The summed E-state index contributed by atoms with van der Waals surface area (Å²) < 4.78 is 37.5. The van der Waals surface area contributed by atoms with E-state index in [1.54, 1.807) is 0 Å². The highest BCUT2D eigenvalue weighted by Gasteiger charge is 2.35. The molecule has 0 amide bonds. The van der Waals surface area contributed by atoms with Gasteiger partial charge in [-0.05, 0) is 18.6 Å². The molecule has 3 nitrogen and oxygen atoms in total. The summed E-state index contributed by atoms with van der Waals surface area (Å²) in [5.41, 5.74) is 3.22.